The normalized spacial score (nSPS) is 24.4. The van der Waals surface area contributed by atoms with E-state index in [1.165, 1.54) is 11.0 Å². The average molecular weight is 328 g/mol. The van der Waals surface area contributed by atoms with Gasteiger partial charge in [-0.3, -0.25) is 14.9 Å². The molecule has 2 aliphatic heterocycles. The Morgan fingerprint density at radius 2 is 2.05 bits per heavy atom. The van der Waals surface area contributed by atoms with Gasteiger partial charge in [0.1, 0.15) is 5.54 Å². The minimum atomic E-state index is -1.02. The SMILES string of the molecule is O=C1NC(=O)C2(CCN(C(=O)c3ccc(Cl)cc3Cl)C2)N1. The smallest absolute Gasteiger partial charge is 0.322 e. The van der Waals surface area contributed by atoms with Crippen molar-refractivity contribution in [3.63, 3.8) is 0 Å². The predicted octanol–water partition coefficient (Wildman–Crippen LogP) is 1.42. The fourth-order valence-electron chi connectivity index (χ4n) is 2.63. The molecule has 1 atom stereocenters. The molecule has 2 N–H and O–H groups in total. The zero-order valence-electron chi connectivity index (χ0n) is 10.8. The first-order chi connectivity index (χ1) is 9.91. The lowest BCUT2D eigenvalue weighted by atomic mass is 9.99. The summed E-state index contributed by atoms with van der Waals surface area (Å²) in [6.45, 7) is 0.494. The van der Waals surface area contributed by atoms with E-state index < -0.39 is 17.5 Å². The molecule has 0 saturated carbocycles. The lowest BCUT2D eigenvalue weighted by Gasteiger charge is -2.21. The van der Waals surface area contributed by atoms with Crippen LogP contribution in [0.4, 0.5) is 4.79 Å². The number of hydrogen-bond donors (Lipinski definition) is 2. The van der Waals surface area contributed by atoms with E-state index in [9.17, 15) is 14.4 Å². The zero-order chi connectivity index (χ0) is 15.2. The van der Waals surface area contributed by atoms with E-state index in [1.807, 2.05) is 0 Å². The average Bonchev–Trinajstić information content (AvgIpc) is 2.94. The highest BCUT2D eigenvalue weighted by atomic mass is 35.5. The lowest BCUT2D eigenvalue weighted by Crippen LogP contribution is -2.49. The molecule has 1 aromatic carbocycles. The molecule has 0 radical (unpaired) electrons. The maximum Gasteiger partial charge on any atom is 0.322 e. The van der Waals surface area contributed by atoms with Crippen LogP contribution < -0.4 is 10.6 Å². The second-order valence-electron chi connectivity index (χ2n) is 5.09. The van der Waals surface area contributed by atoms with Gasteiger partial charge in [0.2, 0.25) is 0 Å². The number of carbonyl (C=O) groups is 3. The highest BCUT2D eigenvalue weighted by Crippen LogP contribution is 2.28. The standard InChI is InChI=1S/C13H11Cl2N3O3/c14-7-1-2-8(9(15)5-7)10(19)18-4-3-13(6-18)11(20)16-12(21)17-13/h1-2,5H,3-4,6H2,(H2,16,17,20,21). The minimum absolute atomic E-state index is 0.127. The maximum absolute atomic E-state index is 12.5. The van der Waals surface area contributed by atoms with Crippen LogP contribution in [0.1, 0.15) is 16.8 Å². The van der Waals surface area contributed by atoms with Crippen LogP contribution in [0.25, 0.3) is 0 Å². The Bertz CT molecular complexity index is 664. The summed E-state index contributed by atoms with van der Waals surface area (Å²) < 4.78 is 0. The third kappa shape index (κ3) is 2.34. The molecule has 0 bridgehead atoms. The Labute approximate surface area is 130 Å². The van der Waals surface area contributed by atoms with Crippen molar-refractivity contribution in [2.75, 3.05) is 13.1 Å². The largest absolute Gasteiger partial charge is 0.336 e. The van der Waals surface area contributed by atoms with Gasteiger partial charge < -0.3 is 10.2 Å². The molecule has 2 fully saturated rings. The van der Waals surface area contributed by atoms with Crippen LogP contribution in [0.5, 0.6) is 0 Å². The highest BCUT2D eigenvalue weighted by molar-refractivity contribution is 6.36. The van der Waals surface area contributed by atoms with Gasteiger partial charge in [-0.15, -0.1) is 0 Å². The number of nitrogens with zero attached hydrogens (tertiary/aromatic N) is 1. The summed E-state index contributed by atoms with van der Waals surface area (Å²) in [5, 5.41) is 5.49. The van der Waals surface area contributed by atoms with Gasteiger partial charge in [-0.1, -0.05) is 23.2 Å². The fraction of sp³-hybridized carbons (Fsp3) is 0.308. The van der Waals surface area contributed by atoms with E-state index >= 15 is 0 Å². The van der Waals surface area contributed by atoms with Crippen LogP contribution >= 0.6 is 23.2 Å². The Balaban J connectivity index is 1.82. The Hall–Kier alpha value is -1.79. The van der Waals surface area contributed by atoms with Crippen molar-refractivity contribution in [3.05, 3.63) is 33.8 Å². The van der Waals surface area contributed by atoms with Gasteiger partial charge >= 0.3 is 6.03 Å². The molecule has 2 heterocycles. The van der Waals surface area contributed by atoms with Crippen LogP contribution in [0.2, 0.25) is 10.0 Å². The molecular formula is C13H11Cl2N3O3. The molecule has 0 aromatic heterocycles. The fourth-order valence-corrected chi connectivity index (χ4v) is 3.12. The number of urea groups is 1. The lowest BCUT2D eigenvalue weighted by molar-refractivity contribution is -0.123. The van der Waals surface area contributed by atoms with Gasteiger partial charge in [-0.25, -0.2) is 4.79 Å². The monoisotopic (exact) mass is 327 g/mol. The third-order valence-corrected chi connectivity index (χ3v) is 4.28. The number of imide groups is 1. The van der Waals surface area contributed by atoms with Crippen LogP contribution in [0.3, 0.4) is 0 Å². The molecule has 1 unspecified atom stereocenters. The van der Waals surface area contributed by atoms with Crippen LogP contribution in [-0.2, 0) is 4.79 Å². The molecule has 3 rings (SSSR count). The molecule has 4 amide bonds. The van der Waals surface area contributed by atoms with Crippen molar-refractivity contribution in [3.8, 4) is 0 Å². The molecule has 110 valence electrons. The Morgan fingerprint density at radius 3 is 2.67 bits per heavy atom. The van der Waals surface area contributed by atoms with Crippen LogP contribution in [0.15, 0.2) is 18.2 Å². The summed E-state index contributed by atoms with van der Waals surface area (Å²) in [7, 11) is 0. The second-order valence-corrected chi connectivity index (χ2v) is 5.93. The molecule has 6 nitrogen and oxygen atoms in total. The van der Waals surface area contributed by atoms with E-state index in [0.717, 1.165) is 0 Å². The predicted molar refractivity (Wildman–Crippen MR) is 76.4 cm³/mol. The molecule has 2 aliphatic rings. The number of amides is 4. The highest BCUT2D eigenvalue weighted by Gasteiger charge is 2.51. The maximum atomic E-state index is 12.5. The first-order valence-corrected chi connectivity index (χ1v) is 7.05. The summed E-state index contributed by atoms with van der Waals surface area (Å²) in [4.78, 5) is 37.1. The number of nitrogens with one attached hydrogen (secondary N) is 2. The molecular weight excluding hydrogens is 317 g/mol. The first kappa shape index (κ1) is 14.2. The number of benzene rings is 1. The summed E-state index contributed by atoms with van der Waals surface area (Å²) in [6, 6.07) is 4.09. The van der Waals surface area contributed by atoms with Crippen LogP contribution in [-0.4, -0.2) is 41.4 Å². The molecule has 8 heteroatoms. The number of likely N-dealkylation sites (tertiary alicyclic amines) is 1. The quantitative estimate of drug-likeness (QED) is 0.765. The summed E-state index contributed by atoms with van der Waals surface area (Å²) in [6.07, 6.45) is 0.377. The van der Waals surface area contributed by atoms with Crippen molar-refractivity contribution in [1.82, 2.24) is 15.5 Å². The van der Waals surface area contributed by atoms with E-state index in [0.29, 0.717) is 23.6 Å². The number of hydrogen-bond acceptors (Lipinski definition) is 3. The topological polar surface area (TPSA) is 78.5 Å². The van der Waals surface area contributed by atoms with Crippen molar-refractivity contribution >= 4 is 41.0 Å². The number of carbonyl (C=O) groups excluding carboxylic acids is 3. The van der Waals surface area contributed by atoms with Gasteiger partial charge in [0.25, 0.3) is 11.8 Å². The zero-order valence-corrected chi connectivity index (χ0v) is 12.3. The minimum Gasteiger partial charge on any atom is -0.336 e. The van der Waals surface area contributed by atoms with Gasteiger partial charge in [0.05, 0.1) is 17.1 Å². The molecule has 21 heavy (non-hydrogen) atoms. The van der Waals surface area contributed by atoms with Crippen molar-refractivity contribution < 1.29 is 14.4 Å². The molecule has 1 spiro atoms. The number of rotatable bonds is 1. The van der Waals surface area contributed by atoms with Gasteiger partial charge in [-0.2, -0.15) is 0 Å². The van der Waals surface area contributed by atoms with Crippen molar-refractivity contribution in [1.29, 1.82) is 0 Å². The molecule has 1 aromatic rings. The van der Waals surface area contributed by atoms with Gasteiger partial charge in [0, 0.05) is 11.6 Å². The molecule has 2 saturated heterocycles. The second kappa shape index (κ2) is 4.89. The van der Waals surface area contributed by atoms with Gasteiger partial charge in [-0.05, 0) is 24.6 Å². The van der Waals surface area contributed by atoms with E-state index in [4.69, 9.17) is 23.2 Å². The van der Waals surface area contributed by atoms with Crippen LogP contribution in [0, 0.1) is 0 Å². The number of halogens is 2. The molecule has 0 aliphatic carbocycles. The summed E-state index contributed by atoms with van der Waals surface area (Å²) >= 11 is 11.8. The van der Waals surface area contributed by atoms with Gasteiger partial charge in [0.15, 0.2) is 0 Å². The van der Waals surface area contributed by atoms with Crippen molar-refractivity contribution in [2.24, 2.45) is 0 Å². The van der Waals surface area contributed by atoms with E-state index in [1.54, 1.807) is 12.1 Å². The van der Waals surface area contributed by atoms with E-state index in [2.05, 4.69) is 10.6 Å². The summed E-state index contributed by atoms with van der Waals surface area (Å²) in [5.74, 6) is -0.688. The van der Waals surface area contributed by atoms with Crippen molar-refractivity contribution in [2.45, 2.75) is 12.0 Å². The van der Waals surface area contributed by atoms with E-state index in [-0.39, 0.29) is 17.5 Å². The third-order valence-electron chi connectivity index (χ3n) is 3.73. The summed E-state index contributed by atoms with van der Waals surface area (Å²) in [5.41, 5.74) is -0.700. The first-order valence-electron chi connectivity index (χ1n) is 6.29. The Kier molecular flexibility index (Phi) is 3.30. The Morgan fingerprint density at radius 1 is 1.29 bits per heavy atom.